The van der Waals surface area contributed by atoms with Crippen LogP contribution in [0.15, 0.2) is 58.5 Å². The molecular weight excluding hydrogens is 791 g/mol. The first-order valence-electron chi connectivity index (χ1n) is 25.2. The van der Waals surface area contributed by atoms with Gasteiger partial charge in [0.2, 0.25) is 0 Å². The summed E-state index contributed by atoms with van der Waals surface area (Å²) in [5, 5.41) is 22.4. The van der Waals surface area contributed by atoms with Gasteiger partial charge in [0.1, 0.15) is 0 Å². The maximum atomic E-state index is 11.2. The predicted molar refractivity (Wildman–Crippen MR) is 262 cm³/mol. The molecule has 0 aliphatic heterocycles. The molecule has 344 valence electrons. The van der Waals surface area contributed by atoms with Crippen molar-refractivity contribution in [2.45, 2.75) is 235 Å². The molecule has 0 radical (unpaired) electrons. The van der Waals surface area contributed by atoms with E-state index in [1.165, 1.54) is 176 Å². The molecule has 0 amide bonds. The van der Waals surface area contributed by atoms with Gasteiger partial charge in [-0.1, -0.05) is 163 Å². The van der Waals surface area contributed by atoms with Gasteiger partial charge in [-0.2, -0.15) is 0 Å². The quantitative estimate of drug-likeness (QED) is 0.0367. The summed E-state index contributed by atoms with van der Waals surface area (Å²) in [4.78, 5) is 10.9. The Morgan fingerprint density at radius 3 is 1.03 bits per heavy atom. The van der Waals surface area contributed by atoms with E-state index in [1.807, 2.05) is 6.92 Å². The Morgan fingerprint density at radius 2 is 0.672 bits per heavy atom. The Morgan fingerprint density at radius 1 is 0.361 bits per heavy atom. The first-order valence-corrected chi connectivity index (χ1v) is 25.2. The van der Waals surface area contributed by atoms with Crippen LogP contribution in [0.1, 0.15) is 230 Å². The minimum absolute atomic E-state index is 0. The van der Waals surface area contributed by atoms with Crippen LogP contribution in [0.3, 0.4) is 0 Å². The molecule has 0 atom stereocenters. The van der Waals surface area contributed by atoms with Gasteiger partial charge in [0.15, 0.2) is 0 Å². The molecule has 3 rings (SSSR count). The Kier molecular flexibility index (Phi) is 32.7. The summed E-state index contributed by atoms with van der Waals surface area (Å²) in [5.41, 5.74) is 12.9. The largest absolute Gasteiger partial charge is 2.00 e. The van der Waals surface area contributed by atoms with Crippen molar-refractivity contribution in [3.63, 3.8) is 0 Å². The van der Waals surface area contributed by atoms with Crippen LogP contribution in [0.4, 0.5) is 11.4 Å². The Balaban J connectivity index is 0.000000976. The van der Waals surface area contributed by atoms with Gasteiger partial charge in [0.25, 0.3) is 0 Å². The minimum atomic E-state index is -0.369. The Hall–Kier alpha value is -2.91. The van der Waals surface area contributed by atoms with Gasteiger partial charge in [-0.25, -0.2) is 0 Å². The number of hydrogen-bond acceptors (Lipinski definition) is 4. The fourth-order valence-electron chi connectivity index (χ4n) is 8.08. The molecule has 0 spiro atoms. The van der Waals surface area contributed by atoms with Crippen LogP contribution in [0.5, 0.6) is 11.5 Å². The van der Waals surface area contributed by atoms with Crippen LogP contribution in [0.2, 0.25) is 0 Å². The molecule has 0 aliphatic carbocycles. The summed E-state index contributed by atoms with van der Waals surface area (Å²) in [7, 11) is 0. The van der Waals surface area contributed by atoms with E-state index in [4.69, 9.17) is 9.98 Å². The number of aryl methyl sites for hydroxylation is 6. The van der Waals surface area contributed by atoms with E-state index in [0.29, 0.717) is 0 Å². The van der Waals surface area contributed by atoms with E-state index in [1.54, 1.807) is 11.1 Å². The summed E-state index contributed by atoms with van der Waals surface area (Å²) in [6.45, 7) is 18.0. The van der Waals surface area contributed by atoms with Gasteiger partial charge < -0.3 is 10.2 Å². The van der Waals surface area contributed by atoms with Crippen LogP contribution in [-0.4, -0.2) is 11.4 Å². The summed E-state index contributed by atoms with van der Waals surface area (Å²) in [6.07, 6.45) is 33.3. The van der Waals surface area contributed by atoms with Crippen LogP contribution in [-0.2, 0) is 55.0 Å². The second-order valence-electron chi connectivity index (χ2n) is 17.3. The second kappa shape index (κ2) is 35.5. The summed E-state index contributed by atoms with van der Waals surface area (Å²) >= 11 is 0. The zero-order valence-corrected chi connectivity index (χ0v) is 41.4. The molecule has 0 aromatic heterocycles. The monoisotopic (exact) mass is 879 g/mol. The third kappa shape index (κ3) is 22.8. The first kappa shape index (κ1) is 56.1. The Bertz CT molecular complexity index is 1640. The SMILES string of the molecule is CCCCCC(=Nc1ccc(CCCCC)c(CCCCC)c1)C(CCCC)=Nc1ccc(CCCCC)c(CCCCC)c1.CCCCCc1cc([O-])c([O-])cc1CC.[Ni+2]. The summed E-state index contributed by atoms with van der Waals surface area (Å²) in [5.74, 6) is -0.732. The smallest absolute Gasteiger partial charge is 0.873 e. The molecule has 0 N–H and O–H groups in total. The molecule has 0 saturated heterocycles. The third-order valence-electron chi connectivity index (χ3n) is 11.9. The number of benzene rings is 3. The number of aliphatic imine (C=N–C) groups is 2. The molecule has 0 unspecified atom stereocenters. The number of hydrogen-bond donors (Lipinski definition) is 0. The maximum Gasteiger partial charge on any atom is 2.00 e. The second-order valence-corrected chi connectivity index (χ2v) is 17.3. The van der Waals surface area contributed by atoms with Crippen molar-refractivity contribution in [2.24, 2.45) is 9.98 Å². The minimum Gasteiger partial charge on any atom is -0.873 e. The van der Waals surface area contributed by atoms with E-state index in [2.05, 4.69) is 84.9 Å². The molecule has 0 heterocycles. The van der Waals surface area contributed by atoms with Gasteiger partial charge in [0.05, 0.1) is 22.8 Å². The van der Waals surface area contributed by atoms with Crippen LogP contribution < -0.4 is 10.2 Å². The molecule has 0 bridgehead atoms. The fraction of sp³-hybridized carbons (Fsp3) is 0.643. The van der Waals surface area contributed by atoms with Gasteiger partial charge >= 0.3 is 16.5 Å². The molecular formula is C56H88N2NiO2. The summed E-state index contributed by atoms with van der Waals surface area (Å²) < 4.78 is 0. The predicted octanol–water partition coefficient (Wildman–Crippen LogP) is 16.4. The molecule has 0 aliphatic rings. The van der Waals surface area contributed by atoms with Crippen molar-refractivity contribution in [3.8, 4) is 11.5 Å². The zero-order valence-electron chi connectivity index (χ0n) is 40.4. The Labute approximate surface area is 386 Å². The number of rotatable bonds is 31. The average molecular weight is 880 g/mol. The van der Waals surface area contributed by atoms with E-state index >= 15 is 0 Å². The van der Waals surface area contributed by atoms with E-state index in [9.17, 15) is 10.2 Å². The molecule has 3 aromatic carbocycles. The molecule has 0 fully saturated rings. The van der Waals surface area contributed by atoms with Gasteiger partial charge in [-0.15, -0.1) is 11.5 Å². The number of nitrogens with zero attached hydrogens (tertiary/aromatic N) is 2. The fourth-order valence-corrected chi connectivity index (χ4v) is 8.08. The topological polar surface area (TPSA) is 70.8 Å². The van der Waals surface area contributed by atoms with Gasteiger partial charge in [-0.05, 0) is 154 Å². The molecule has 0 saturated carbocycles. The molecule has 3 aromatic rings. The van der Waals surface area contributed by atoms with Crippen molar-refractivity contribution in [1.29, 1.82) is 0 Å². The maximum absolute atomic E-state index is 11.2. The van der Waals surface area contributed by atoms with Crippen molar-refractivity contribution in [2.75, 3.05) is 0 Å². The van der Waals surface area contributed by atoms with Crippen LogP contribution in [0.25, 0.3) is 0 Å². The normalized spacial score (nSPS) is 11.7. The standard InChI is InChI=1S/C43H70N2.C13H20O2.Ni/c1-7-13-19-24-36-30-32-40(34-38(36)26-21-15-9-3)44-42(28-18-12-6)43(29-23-17-11-5)45-41-33-31-37(25-20-14-8-2)39(35-41)27-22-16-10-4;1-3-5-6-7-11-9-13(15)12(14)8-10(11)4-2;/h30-35H,7-29H2,1-6H3;8-9,14-15H,3-7H2,1-2H3;/q;;+2/p-2. The van der Waals surface area contributed by atoms with Crippen LogP contribution >= 0.6 is 0 Å². The van der Waals surface area contributed by atoms with E-state index in [0.717, 1.165) is 61.0 Å². The molecule has 5 heteroatoms. The zero-order chi connectivity index (χ0) is 43.8. The van der Waals surface area contributed by atoms with Crippen molar-refractivity contribution in [3.05, 3.63) is 81.9 Å². The van der Waals surface area contributed by atoms with Crippen molar-refractivity contribution in [1.82, 2.24) is 0 Å². The van der Waals surface area contributed by atoms with E-state index in [-0.39, 0.29) is 28.0 Å². The van der Waals surface area contributed by atoms with Gasteiger partial charge in [-0.3, -0.25) is 9.98 Å². The first-order chi connectivity index (χ1) is 29.3. The van der Waals surface area contributed by atoms with Crippen molar-refractivity contribution >= 4 is 22.8 Å². The van der Waals surface area contributed by atoms with Crippen molar-refractivity contribution < 1.29 is 26.7 Å². The van der Waals surface area contributed by atoms with Gasteiger partial charge in [0, 0.05) is 0 Å². The molecule has 61 heavy (non-hydrogen) atoms. The van der Waals surface area contributed by atoms with E-state index < -0.39 is 0 Å². The third-order valence-corrected chi connectivity index (χ3v) is 11.9. The number of unbranched alkanes of at least 4 members (excludes halogenated alkanes) is 13. The average Bonchev–Trinajstić information content (AvgIpc) is 3.25. The van der Waals surface area contributed by atoms with Crippen LogP contribution in [0, 0.1) is 0 Å². The summed E-state index contributed by atoms with van der Waals surface area (Å²) in [6, 6.07) is 17.2. The molecule has 4 nitrogen and oxygen atoms in total.